The first-order chi connectivity index (χ1) is 9.05. The van der Waals surface area contributed by atoms with Crippen LogP contribution in [0.3, 0.4) is 0 Å². The Morgan fingerprint density at radius 1 is 1.20 bits per heavy atom. The van der Waals surface area contributed by atoms with Gasteiger partial charge in [-0.2, -0.15) is 0 Å². The van der Waals surface area contributed by atoms with Gasteiger partial charge in [0, 0.05) is 11.2 Å². The molecular weight excluding hydrogens is 256 g/mol. The summed E-state index contributed by atoms with van der Waals surface area (Å²) in [6, 6.07) is 4.82. The molecule has 0 heterocycles. The summed E-state index contributed by atoms with van der Waals surface area (Å²) in [6.45, 7) is 9.34. The predicted octanol–water partition coefficient (Wildman–Crippen LogP) is 3.19. The number of anilines is 1. The molecule has 20 heavy (non-hydrogen) atoms. The molecule has 0 saturated heterocycles. The fourth-order valence-corrected chi connectivity index (χ4v) is 1.71. The molecule has 1 aromatic carbocycles. The number of amides is 1. The Labute approximate surface area is 120 Å². The summed E-state index contributed by atoms with van der Waals surface area (Å²) in [5.41, 5.74) is 0.435. The molecule has 1 aromatic rings. The van der Waals surface area contributed by atoms with Crippen molar-refractivity contribution in [3.8, 4) is 5.75 Å². The molecule has 5 nitrogen and oxygen atoms in total. The summed E-state index contributed by atoms with van der Waals surface area (Å²) < 4.78 is 5.24. The van der Waals surface area contributed by atoms with E-state index in [0.717, 1.165) is 5.56 Å². The van der Waals surface area contributed by atoms with Gasteiger partial charge in [-0.15, -0.1) is 0 Å². The molecule has 0 spiro atoms. The van der Waals surface area contributed by atoms with Crippen molar-refractivity contribution in [2.24, 2.45) is 0 Å². The van der Waals surface area contributed by atoms with E-state index in [4.69, 9.17) is 4.74 Å². The fraction of sp³-hybridized carbons (Fsp3) is 0.533. The molecule has 112 valence electrons. The standard InChI is InChI=1S/C15H24N2O3/c1-14(2,3)20-13(19)17-12-8-7-10(18)9-11(12)15(4,5)16-6/h7-9,16,18H,1-6H3,(H,17,19). The largest absolute Gasteiger partial charge is 0.508 e. The van der Waals surface area contributed by atoms with Crippen LogP contribution in [0.15, 0.2) is 18.2 Å². The lowest BCUT2D eigenvalue weighted by molar-refractivity contribution is 0.0635. The Bertz CT molecular complexity index is 490. The number of benzene rings is 1. The van der Waals surface area contributed by atoms with Crippen molar-refractivity contribution >= 4 is 11.8 Å². The number of rotatable bonds is 3. The molecule has 0 aliphatic carbocycles. The Hall–Kier alpha value is -1.75. The molecule has 0 radical (unpaired) electrons. The number of hydrogen-bond acceptors (Lipinski definition) is 4. The average molecular weight is 280 g/mol. The van der Waals surface area contributed by atoms with Gasteiger partial charge in [0.25, 0.3) is 0 Å². The van der Waals surface area contributed by atoms with Crippen LogP contribution in [0.5, 0.6) is 5.75 Å². The topological polar surface area (TPSA) is 70.6 Å². The van der Waals surface area contributed by atoms with Gasteiger partial charge in [-0.05, 0) is 65.4 Å². The highest BCUT2D eigenvalue weighted by Gasteiger charge is 2.24. The maximum Gasteiger partial charge on any atom is 0.412 e. The van der Waals surface area contributed by atoms with Crippen LogP contribution in [-0.4, -0.2) is 23.8 Å². The first-order valence-corrected chi connectivity index (χ1v) is 6.57. The van der Waals surface area contributed by atoms with E-state index in [1.807, 2.05) is 41.7 Å². The molecule has 5 heteroatoms. The van der Waals surface area contributed by atoms with Gasteiger partial charge < -0.3 is 15.2 Å². The highest BCUT2D eigenvalue weighted by molar-refractivity contribution is 5.86. The summed E-state index contributed by atoms with van der Waals surface area (Å²) in [6.07, 6.45) is -0.517. The highest BCUT2D eigenvalue weighted by atomic mass is 16.6. The van der Waals surface area contributed by atoms with Crippen molar-refractivity contribution in [2.75, 3.05) is 12.4 Å². The number of ether oxygens (including phenoxy) is 1. The molecule has 1 rings (SSSR count). The molecule has 3 N–H and O–H groups in total. The zero-order valence-electron chi connectivity index (χ0n) is 13.0. The van der Waals surface area contributed by atoms with E-state index in [1.54, 1.807) is 12.1 Å². The molecule has 0 bridgehead atoms. The Kier molecular flexibility index (Phi) is 4.65. The predicted molar refractivity (Wildman–Crippen MR) is 80.0 cm³/mol. The second-order valence-corrected chi connectivity index (χ2v) is 6.23. The van der Waals surface area contributed by atoms with E-state index in [0.29, 0.717) is 5.69 Å². The Morgan fingerprint density at radius 2 is 1.80 bits per heavy atom. The third-order valence-corrected chi connectivity index (χ3v) is 2.94. The smallest absolute Gasteiger partial charge is 0.412 e. The minimum atomic E-state index is -0.556. The molecule has 0 aliphatic heterocycles. The van der Waals surface area contributed by atoms with E-state index in [1.165, 1.54) is 6.07 Å². The molecule has 0 saturated carbocycles. The van der Waals surface area contributed by atoms with Crippen LogP contribution in [0.25, 0.3) is 0 Å². The van der Waals surface area contributed by atoms with Crippen LogP contribution in [0.4, 0.5) is 10.5 Å². The van der Waals surface area contributed by atoms with Crippen LogP contribution in [0.2, 0.25) is 0 Å². The van der Waals surface area contributed by atoms with Gasteiger partial charge in [0.15, 0.2) is 0 Å². The van der Waals surface area contributed by atoms with E-state index < -0.39 is 17.2 Å². The number of carbonyl (C=O) groups excluding carboxylic acids is 1. The maximum absolute atomic E-state index is 11.9. The number of aromatic hydroxyl groups is 1. The van der Waals surface area contributed by atoms with Crippen LogP contribution < -0.4 is 10.6 Å². The number of phenols is 1. The van der Waals surface area contributed by atoms with Crippen molar-refractivity contribution in [2.45, 2.75) is 45.8 Å². The molecule has 1 amide bonds. The average Bonchev–Trinajstić information content (AvgIpc) is 2.29. The fourth-order valence-electron chi connectivity index (χ4n) is 1.71. The normalized spacial score (nSPS) is 12.1. The van der Waals surface area contributed by atoms with Gasteiger partial charge >= 0.3 is 6.09 Å². The minimum Gasteiger partial charge on any atom is -0.508 e. The monoisotopic (exact) mass is 280 g/mol. The third-order valence-electron chi connectivity index (χ3n) is 2.94. The number of hydrogen-bond donors (Lipinski definition) is 3. The lowest BCUT2D eigenvalue weighted by atomic mass is 9.92. The number of nitrogens with one attached hydrogen (secondary N) is 2. The first-order valence-electron chi connectivity index (χ1n) is 6.57. The molecular formula is C15H24N2O3. The van der Waals surface area contributed by atoms with E-state index in [9.17, 15) is 9.90 Å². The minimum absolute atomic E-state index is 0.151. The highest BCUT2D eigenvalue weighted by Crippen LogP contribution is 2.31. The second kappa shape index (κ2) is 5.71. The summed E-state index contributed by atoms with van der Waals surface area (Å²) >= 11 is 0. The zero-order chi connectivity index (χ0) is 15.6. The van der Waals surface area contributed by atoms with Crippen molar-refractivity contribution in [1.29, 1.82) is 0 Å². The van der Waals surface area contributed by atoms with Gasteiger partial charge in [-0.3, -0.25) is 5.32 Å². The van der Waals surface area contributed by atoms with Crippen LogP contribution in [0.1, 0.15) is 40.2 Å². The van der Waals surface area contributed by atoms with E-state index >= 15 is 0 Å². The summed E-state index contributed by atoms with van der Waals surface area (Å²) in [4.78, 5) is 11.9. The number of phenolic OH excluding ortho intramolecular Hbond substituents is 1. The third kappa shape index (κ3) is 4.42. The van der Waals surface area contributed by atoms with Gasteiger partial charge in [-0.1, -0.05) is 0 Å². The Balaban J connectivity index is 3.04. The van der Waals surface area contributed by atoms with Gasteiger partial charge in [-0.25, -0.2) is 4.79 Å². The van der Waals surface area contributed by atoms with Crippen LogP contribution >= 0.6 is 0 Å². The number of carbonyl (C=O) groups is 1. The van der Waals surface area contributed by atoms with Crippen molar-refractivity contribution in [1.82, 2.24) is 5.32 Å². The molecule has 0 atom stereocenters. The van der Waals surface area contributed by atoms with Crippen molar-refractivity contribution < 1.29 is 14.6 Å². The van der Waals surface area contributed by atoms with Crippen LogP contribution in [0, 0.1) is 0 Å². The summed E-state index contributed by atoms with van der Waals surface area (Å²) in [5, 5.41) is 15.5. The maximum atomic E-state index is 11.9. The molecule has 0 aliphatic rings. The first kappa shape index (κ1) is 16.3. The summed E-state index contributed by atoms with van der Waals surface area (Å²) in [7, 11) is 1.82. The quantitative estimate of drug-likeness (QED) is 0.744. The molecule has 0 aromatic heterocycles. The SMILES string of the molecule is CNC(C)(C)c1cc(O)ccc1NC(=O)OC(C)(C)C. The van der Waals surface area contributed by atoms with Crippen molar-refractivity contribution in [3.05, 3.63) is 23.8 Å². The van der Waals surface area contributed by atoms with Crippen molar-refractivity contribution in [3.63, 3.8) is 0 Å². The lowest BCUT2D eigenvalue weighted by Crippen LogP contribution is -2.35. The van der Waals surface area contributed by atoms with Crippen LogP contribution in [-0.2, 0) is 10.3 Å². The zero-order valence-corrected chi connectivity index (χ0v) is 13.0. The van der Waals surface area contributed by atoms with Gasteiger partial charge in [0.1, 0.15) is 11.4 Å². The second-order valence-electron chi connectivity index (χ2n) is 6.23. The molecule has 0 unspecified atom stereocenters. The Morgan fingerprint density at radius 3 is 2.30 bits per heavy atom. The van der Waals surface area contributed by atoms with Gasteiger partial charge in [0.05, 0.1) is 0 Å². The summed E-state index contributed by atoms with van der Waals surface area (Å²) in [5.74, 6) is 0.151. The van der Waals surface area contributed by atoms with E-state index in [2.05, 4.69) is 10.6 Å². The lowest BCUT2D eigenvalue weighted by Gasteiger charge is -2.28. The van der Waals surface area contributed by atoms with E-state index in [-0.39, 0.29) is 5.75 Å². The van der Waals surface area contributed by atoms with Gasteiger partial charge in [0.2, 0.25) is 0 Å². The molecule has 0 fully saturated rings.